The average molecular weight is 366 g/mol. The van der Waals surface area contributed by atoms with Crippen LogP contribution in [0.3, 0.4) is 0 Å². The van der Waals surface area contributed by atoms with Crippen molar-refractivity contribution in [1.82, 2.24) is 15.5 Å². The Balaban J connectivity index is 0.00000225. The summed E-state index contributed by atoms with van der Waals surface area (Å²) in [5.74, 6) is -0.166. The lowest BCUT2D eigenvalue weighted by Gasteiger charge is -2.32. The van der Waals surface area contributed by atoms with Gasteiger partial charge in [0.15, 0.2) is 0 Å². The number of nitrogens with one attached hydrogen (secondary N) is 2. The monoisotopic (exact) mass is 365 g/mol. The third-order valence-corrected chi connectivity index (χ3v) is 4.71. The van der Waals surface area contributed by atoms with Gasteiger partial charge < -0.3 is 20.6 Å². The maximum absolute atomic E-state index is 12.4. The zero-order valence-electron chi connectivity index (χ0n) is 14.1. The van der Waals surface area contributed by atoms with E-state index in [1.165, 1.54) is 6.92 Å². The molecule has 2 aliphatic heterocycles. The number of rotatable bonds is 4. The molecular weight excluding hydrogens is 342 g/mol. The summed E-state index contributed by atoms with van der Waals surface area (Å²) in [6, 6.07) is 7.50. The third-order valence-electron chi connectivity index (χ3n) is 4.71. The van der Waals surface area contributed by atoms with E-state index in [9.17, 15) is 14.7 Å². The predicted molar refractivity (Wildman–Crippen MR) is 98.0 cm³/mol. The molecule has 1 aromatic carbocycles. The summed E-state index contributed by atoms with van der Waals surface area (Å²) in [5.41, 5.74) is 2.01. The molecule has 0 aromatic heterocycles. The summed E-state index contributed by atoms with van der Waals surface area (Å²) in [5, 5.41) is 15.8. The molecule has 3 unspecified atom stereocenters. The van der Waals surface area contributed by atoms with Crippen LogP contribution in [-0.2, 0) is 9.59 Å². The Morgan fingerprint density at radius 1 is 1.32 bits per heavy atom. The highest BCUT2D eigenvalue weighted by Crippen LogP contribution is 2.32. The highest BCUT2D eigenvalue weighted by Gasteiger charge is 2.29. The van der Waals surface area contributed by atoms with Crippen molar-refractivity contribution in [3.63, 3.8) is 0 Å². The first-order valence-corrected chi connectivity index (χ1v) is 8.28. The van der Waals surface area contributed by atoms with Crippen molar-refractivity contribution in [1.29, 1.82) is 0 Å². The van der Waals surface area contributed by atoms with Crippen LogP contribution in [0.1, 0.15) is 30.5 Å². The lowest BCUT2D eigenvalue weighted by Crippen LogP contribution is -2.38. The summed E-state index contributed by atoms with van der Waals surface area (Å²) in [4.78, 5) is 25.9. The standard InChI is InChI=1S/C18H23N3O3.ClH/c1-12(22)21-7-6-13-4-2-3-5-15(13)16(21)8-18(24)20-10-14-9-19-11-17(14)23;/h2-7,14,16-17,19,23H,8-11H2,1H3,(H,20,24);1H. The SMILES string of the molecule is CC(=O)N1C=Cc2ccccc2C1CC(=O)NCC1CNCC1O.Cl. The summed E-state index contributed by atoms with van der Waals surface area (Å²) in [6.07, 6.45) is 3.42. The maximum Gasteiger partial charge on any atom is 0.223 e. The predicted octanol–water partition coefficient (Wildman–Crippen LogP) is 1.07. The van der Waals surface area contributed by atoms with Crippen LogP contribution < -0.4 is 10.6 Å². The lowest BCUT2D eigenvalue weighted by atomic mass is 9.93. The Hall–Kier alpha value is -1.89. The van der Waals surface area contributed by atoms with Gasteiger partial charge in [0.2, 0.25) is 11.8 Å². The van der Waals surface area contributed by atoms with Crippen molar-refractivity contribution in [2.24, 2.45) is 5.92 Å². The number of hydrogen-bond donors (Lipinski definition) is 3. The number of aliphatic hydroxyl groups excluding tert-OH is 1. The van der Waals surface area contributed by atoms with Crippen molar-refractivity contribution in [2.75, 3.05) is 19.6 Å². The van der Waals surface area contributed by atoms with E-state index in [4.69, 9.17) is 0 Å². The molecule has 2 aliphatic rings. The molecular formula is C18H24ClN3O3. The minimum Gasteiger partial charge on any atom is -0.391 e. The van der Waals surface area contributed by atoms with Gasteiger partial charge in [0.25, 0.3) is 0 Å². The Kier molecular flexibility index (Phi) is 6.58. The summed E-state index contributed by atoms with van der Waals surface area (Å²) >= 11 is 0. The number of carbonyl (C=O) groups excluding carboxylic acids is 2. The van der Waals surface area contributed by atoms with Crippen molar-refractivity contribution in [2.45, 2.75) is 25.5 Å². The fourth-order valence-electron chi connectivity index (χ4n) is 3.33. The second-order valence-electron chi connectivity index (χ2n) is 6.38. The van der Waals surface area contributed by atoms with Crippen LogP contribution in [0.5, 0.6) is 0 Å². The second-order valence-corrected chi connectivity index (χ2v) is 6.38. The molecule has 0 bridgehead atoms. The zero-order chi connectivity index (χ0) is 17.1. The second kappa shape index (κ2) is 8.47. The molecule has 0 radical (unpaired) electrons. The van der Waals surface area contributed by atoms with Crippen LogP contribution in [0.4, 0.5) is 0 Å². The fraction of sp³-hybridized carbons (Fsp3) is 0.444. The number of amides is 2. The molecule has 0 spiro atoms. The van der Waals surface area contributed by atoms with Crippen molar-refractivity contribution in [3.05, 3.63) is 41.6 Å². The van der Waals surface area contributed by atoms with E-state index in [0.29, 0.717) is 19.6 Å². The molecule has 6 nitrogen and oxygen atoms in total. The van der Waals surface area contributed by atoms with Crippen LogP contribution in [0, 0.1) is 5.92 Å². The minimum atomic E-state index is -0.419. The molecule has 1 aromatic rings. The van der Waals surface area contributed by atoms with Gasteiger partial charge in [0.1, 0.15) is 0 Å². The minimum absolute atomic E-state index is 0. The number of benzene rings is 1. The highest BCUT2D eigenvalue weighted by atomic mass is 35.5. The van der Waals surface area contributed by atoms with Crippen molar-refractivity contribution in [3.8, 4) is 0 Å². The maximum atomic E-state index is 12.4. The smallest absolute Gasteiger partial charge is 0.223 e. The van der Waals surface area contributed by atoms with E-state index >= 15 is 0 Å². The van der Waals surface area contributed by atoms with Gasteiger partial charge in [-0.05, 0) is 17.2 Å². The largest absolute Gasteiger partial charge is 0.391 e. The molecule has 25 heavy (non-hydrogen) atoms. The lowest BCUT2D eigenvalue weighted by molar-refractivity contribution is -0.130. The number of nitrogens with zero attached hydrogens (tertiary/aromatic N) is 1. The van der Waals surface area contributed by atoms with E-state index < -0.39 is 6.10 Å². The molecule has 0 saturated carbocycles. The number of halogens is 1. The molecule has 3 N–H and O–H groups in total. The first kappa shape index (κ1) is 19.4. The van der Waals surface area contributed by atoms with Crippen LogP contribution in [0.15, 0.2) is 30.5 Å². The number of hydrogen-bond acceptors (Lipinski definition) is 4. The molecule has 2 amide bonds. The van der Waals surface area contributed by atoms with Gasteiger partial charge in [0, 0.05) is 38.7 Å². The molecule has 3 rings (SSSR count). The third kappa shape index (κ3) is 4.39. The normalized spacial score (nSPS) is 24.4. The Morgan fingerprint density at radius 2 is 2.08 bits per heavy atom. The van der Waals surface area contributed by atoms with E-state index in [-0.39, 0.29) is 42.6 Å². The number of carbonyl (C=O) groups is 2. The first-order chi connectivity index (χ1) is 11.6. The molecule has 136 valence electrons. The summed E-state index contributed by atoms with van der Waals surface area (Å²) in [6.45, 7) is 3.22. The van der Waals surface area contributed by atoms with Crippen molar-refractivity contribution < 1.29 is 14.7 Å². The topological polar surface area (TPSA) is 81.7 Å². The van der Waals surface area contributed by atoms with E-state index in [1.54, 1.807) is 11.1 Å². The Bertz CT molecular complexity index is 665. The number of aliphatic hydroxyl groups is 1. The number of β-amino-alcohol motifs (C(OH)–C–C–N with tert-alkyl or cyclic N) is 1. The summed E-state index contributed by atoms with van der Waals surface area (Å²) < 4.78 is 0. The van der Waals surface area contributed by atoms with Gasteiger partial charge in [0.05, 0.1) is 18.6 Å². The van der Waals surface area contributed by atoms with Crippen molar-refractivity contribution >= 4 is 30.3 Å². The number of fused-ring (bicyclic) bond motifs is 1. The molecule has 3 atom stereocenters. The van der Waals surface area contributed by atoms with Gasteiger partial charge in [-0.1, -0.05) is 24.3 Å². The summed E-state index contributed by atoms with van der Waals surface area (Å²) in [7, 11) is 0. The van der Waals surface area contributed by atoms with Gasteiger partial charge in [-0.25, -0.2) is 0 Å². The highest BCUT2D eigenvalue weighted by molar-refractivity contribution is 5.85. The van der Waals surface area contributed by atoms with Gasteiger partial charge in [-0.2, -0.15) is 0 Å². The zero-order valence-corrected chi connectivity index (χ0v) is 15.0. The Labute approximate surface area is 153 Å². The van der Waals surface area contributed by atoms with E-state index in [1.807, 2.05) is 30.3 Å². The average Bonchev–Trinajstić information content (AvgIpc) is 2.98. The van der Waals surface area contributed by atoms with E-state index in [2.05, 4.69) is 10.6 Å². The quantitative estimate of drug-likeness (QED) is 0.745. The van der Waals surface area contributed by atoms with Crippen LogP contribution in [-0.4, -0.2) is 47.6 Å². The van der Waals surface area contributed by atoms with Crippen LogP contribution in [0.25, 0.3) is 6.08 Å². The molecule has 7 heteroatoms. The molecule has 1 fully saturated rings. The molecule has 0 aliphatic carbocycles. The van der Waals surface area contributed by atoms with Gasteiger partial charge in [-0.3, -0.25) is 9.59 Å². The Morgan fingerprint density at radius 3 is 2.76 bits per heavy atom. The fourth-order valence-corrected chi connectivity index (χ4v) is 3.33. The first-order valence-electron chi connectivity index (χ1n) is 8.28. The molecule has 2 heterocycles. The molecule has 1 saturated heterocycles. The van der Waals surface area contributed by atoms with E-state index in [0.717, 1.165) is 11.1 Å². The van der Waals surface area contributed by atoms with Gasteiger partial charge >= 0.3 is 0 Å². The van der Waals surface area contributed by atoms with Crippen LogP contribution >= 0.6 is 12.4 Å². The van der Waals surface area contributed by atoms with Crippen LogP contribution in [0.2, 0.25) is 0 Å². The van der Waals surface area contributed by atoms with Gasteiger partial charge in [-0.15, -0.1) is 12.4 Å².